The average Bonchev–Trinajstić information content (AvgIpc) is 3.12. The number of aliphatic hydroxyl groups is 2. The molecule has 1 heterocycles. The average molecular weight is 367 g/mol. The maximum absolute atomic E-state index is 10.3. The summed E-state index contributed by atoms with van der Waals surface area (Å²) in [6.07, 6.45) is 0.0588. The summed E-state index contributed by atoms with van der Waals surface area (Å²) in [7, 11) is 0. The molecule has 1 aromatic carbocycles. The van der Waals surface area contributed by atoms with Gasteiger partial charge in [0.05, 0.1) is 0 Å². The van der Waals surface area contributed by atoms with Gasteiger partial charge >= 0.3 is 0 Å². The lowest BCUT2D eigenvalue weighted by Crippen LogP contribution is -2.43. The minimum atomic E-state index is -0.949. The van der Waals surface area contributed by atoms with E-state index >= 15 is 0 Å². The maximum Gasteiger partial charge on any atom is 0.180 e. The highest BCUT2D eigenvalue weighted by Crippen LogP contribution is 2.30. The van der Waals surface area contributed by atoms with Crippen LogP contribution in [0.25, 0.3) is 21.7 Å². The second-order valence-electron chi connectivity index (χ2n) is 6.66. The molecule has 1 saturated carbocycles. The second-order valence-corrected chi connectivity index (χ2v) is 6.66. The van der Waals surface area contributed by atoms with Crippen LogP contribution in [0.3, 0.4) is 0 Å². The number of nitrogens with zero attached hydrogens (tertiary/aromatic N) is 4. The summed E-state index contributed by atoms with van der Waals surface area (Å²) >= 11 is 0. The van der Waals surface area contributed by atoms with Gasteiger partial charge in [0, 0.05) is 34.7 Å². The summed E-state index contributed by atoms with van der Waals surface area (Å²) < 4.78 is 5.28. The predicted octanol–water partition coefficient (Wildman–Crippen LogP) is 2.74. The van der Waals surface area contributed by atoms with Crippen LogP contribution in [0.2, 0.25) is 0 Å². The number of azide groups is 1. The van der Waals surface area contributed by atoms with E-state index in [2.05, 4.69) is 32.3 Å². The van der Waals surface area contributed by atoms with Gasteiger partial charge in [-0.3, -0.25) is 5.32 Å². The van der Waals surface area contributed by atoms with Crippen LogP contribution in [0, 0.1) is 17.8 Å². The summed E-state index contributed by atoms with van der Waals surface area (Å²) in [4.78, 5) is 2.76. The third kappa shape index (κ3) is 5.09. The van der Waals surface area contributed by atoms with Gasteiger partial charge in [0.2, 0.25) is 0 Å². The summed E-state index contributed by atoms with van der Waals surface area (Å²) in [6, 6.07) is 9.27. The van der Waals surface area contributed by atoms with Crippen LogP contribution in [0.5, 0.6) is 0 Å². The lowest BCUT2D eigenvalue weighted by Gasteiger charge is -2.36. The Morgan fingerprint density at radius 1 is 1.41 bits per heavy atom. The molecule has 0 aliphatic heterocycles. The number of hydrogen-bond acceptors (Lipinski definition) is 6. The van der Waals surface area contributed by atoms with Crippen molar-refractivity contribution in [2.75, 3.05) is 6.54 Å². The fourth-order valence-corrected chi connectivity index (χ4v) is 2.98. The number of benzene rings is 1. The van der Waals surface area contributed by atoms with Crippen molar-refractivity contribution in [2.45, 2.75) is 38.1 Å². The SMILES string of the molecule is C[C@@H](O)C#Cc1cccc(-c2cc(C(O)NC3CC(CN=[N+]=[N-])C3)on2)c1. The highest BCUT2D eigenvalue weighted by Gasteiger charge is 2.30. The van der Waals surface area contributed by atoms with Gasteiger partial charge in [-0.15, -0.1) is 0 Å². The molecule has 27 heavy (non-hydrogen) atoms. The molecule has 3 N–H and O–H groups in total. The maximum atomic E-state index is 10.3. The van der Waals surface area contributed by atoms with Crippen molar-refractivity contribution < 1.29 is 14.7 Å². The van der Waals surface area contributed by atoms with Crippen molar-refractivity contribution in [3.63, 3.8) is 0 Å². The molecule has 0 saturated heterocycles. The molecule has 0 spiro atoms. The van der Waals surface area contributed by atoms with Crippen molar-refractivity contribution in [2.24, 2.45) is 11.0 Å². The summed E-state index contributed by atoms with van der Waals surface area (Å²) in [5.74, 6) is 6.29. The zero-order valence-electron chi connectivity index (χ0n) is 14.9. The van der Waals surface area contributed by atoms with Crippen molar-refractivity contribution in [3.8, 4) is 23.1 Å². The summed E-state index contributed by atoms with van der Waals surface area (Å²) in [6.45, 7) is 2.10. The molecule has 1 aromatic heterocycles. The Balaban J connectivity index is 1.61. The number of aliphatic hydroxyl groups excluding tert-OH is 2. The quantitative estimate of drug-likeness (QED) is 0.238. The zero-order valence-corrected chi connectivity index (χ0v) is 14.9. The highest BCUT2D eigenvalue weighted by molar-refractivity contribution is 5.61. The lowest BCUT2D eigenvalue weighted by atomic mass is 9.80. The first-order chi connectivity index (χ1) is 13.0. The van der Waals surface area contributed by atoms with Gasteiger partial charge in [0.15, 0.2) is 12.0 Å². The molecule has 2 atom stereocenters. The van der Waals surface area contributed by atoms with Gasteiger partial charge in [-0.1, -0.05) is 34.2 Å². The molecule has 0 amide bonds. The van der Waals surface area contributed by atoms with Gasteiger partial charge < -0.3 is 14.7 Å². The van der Waals surface area contributed by atoms with Gasteiger partial charge in [-0.05, 0) is 43.3 Å². The molecule has 1 unspecified atom stereocenters. The van der Waals surface area contributed by atoms with E-state index in [1.165, 1.54) is 0 Å². The first kappa shape index (κ1) is 19.0. The van der Waals surface area contributed by atoms with Crippen LogP contribution < -0.4 is 5.32 Å². The monoisotopic (exact) mass is 367 g/mol. The Hall–Kier alpha value is -2.82. The van der Waals surface area contributed by atoms with Crippen molar-refractivity contribution >= 4 is 0 Å². The second kappa shape index (κ2) is 8.71. The van der Waals surface area contributed by atoms with E-state index in [4.69, 9.17) is 10.1 Å². The Kier molecular flexibility index (Phi) is 6.12. The zero-order chi connectivity index (χ0) is 19.2. The Labute approximate surface area is 156 Å². The van der Waals surface area contributed by atoms with E-state index in [0.29, 0.717) is 23.9 Å². The summed E-state index contributed by atoms with van der Waals surface area (Å²) in [5, 5.41) is 30.2. The fraction of sp³-hybridized carbons (Fsp3) is 0.421. The van der Waals surface area contributed by atoms with Crippen LogP contribution in [-0.2, 0) is 0 Å². The molecule has 1 aliphatic rings. The molecule has 8 nitrogen and oxygen atoms in total. The normalized spacial score (nSPS) is 20.6. The van der Waals surface area contributed by atoms with E-state index < -0.39 is 12.3 Å². The van der Waals surface area contributed by atoms with Crippen molar-refractivity contribution in [3.05, 3.63) is 52.1 Å². The largest absolute Gasteiger partial charge is 0.381 e. The third-order valence-corrected chi connectivity index (χ3v) is 4.41. The Morgan fingerprint density at radius 2 is 2.22 bits per heavy atom. The molecule has 1 aliphatic carbocycles. The van der Waals surface area contributed by atoms with Gasteiger partial charge in [-0.25, -0.2) is 0 Å². The first-order valence-electron chi connectivity index (χ1n) is 8.76. The van der Waals surface area contributed by atoms with E-state index in [-0.39, 0.29) is 6.04 Å². The molecular formula is C19H21N5O3. The topological polar surface area (TPSA) is 127 Å². The van der Waals surface area contributed by atoms with Crippen molar-refractivity contribution in [1.82, 2.24) is 10.5 Å². The third-order valence-electron chi connectivity index (χ3n) is 4.41. The molecule has 0 radical (unpaired) electrons. The number of nitrogens with one attached hydrogen (secondary N) is 1. The predicted molar refractivity (Wildman–Crippen MR) is 99.1 cm³/mol. The minimum Gasteiger partial charge on any atom is -0.381 e. The molecule has 1 fully saturated rings. The van der Waals surface area contributed by atoms with Gasteiger partial charge in [-0.2, -0.15) is 0 Å². The highest BCUT2D eigenvalue weighted by atomic mass is 16.5. The summed E-state index contributed by atoms with van der Waals surface area (Å²) in [5.41, 5.74) is 10.5. The number of aromatic nitrogens is 1. The molecule has 2 aromatic rings. The Morgan fingerprint density at radius 3 is 2.96 bits per heavy atom. The van der Waals surface area contributed by atoms with Crippen LogP contribution in [-0.4, -0.2) is 34.1 Å². The molecule has 0 bridgehead atoms. The molecule has 3 rings (SSSR count). The molecule has 8 heteroatoms. The van der Waals surface area contributed by atoms with E-state index in [1.807, 2.05) is 24.3 Å². The lowest BCUT2D eigenvalue weighted by molar-refractivity contribution is 0.0641. The standard InChI is InChI=1S/C19H21N5O3/c1-12(25)5-6-13-3-2-4-15(7-13)17-10-18(27-23-17)19(26)22-16-8-14(9-16)11-21-24-20/h2-4,7,10,12,14,16,19,22,25-26H,8-9,11H2,1H3/t12-,14?,16?,19?/m1/s1. The van der Waals surface area contributed by atoms with Gasteiger partial charge in [0.1, 0.15) is 11.8 Å². The molecular weight excluding hydrogens is 346 g/mol. The molecule has 140 valence electrons. The number of rotatable bonds is 6. The van der Waals surface area contributed by atoms with Gasteiger partial charge in [0.25, 0.3) is 0 Å². The van der Waals surface area contributed by atoms with E-state index in [0.717, 1.165) is 24.0 Å². The first-order valence-corrected chi connectivity index (χ1v) is 8.76. The van der Waals surface area contributed by atoms with E-state index in [9.17, 15) is 10.2 Å². The minimum absolute atomic E-state index is 0.159. The fourth-order valence-electron chi connectivity index (χ4n) is 2.98. The van der Waals surface area contributed by atoms with E-state index in [1.54, 1.807) is 13.0 Å². The van der Waals surface area contributed by atoms with Crippen LogP contribution in [0.1, 0.15) is 37.3 Å². The Bertz CT molecular complexity index is 886. The number of hydrogen-bond donors (Lipinski definition) is 3. The van der Waals surface area contributed by atoms with Crippen LogP contribution in [0.15, 0.2) is 40.0 Å². The van der Waals surface area contributed by atoms with Crippen LogP contribution in [0.4, 0.5) is 0 Å². The van der Waals surface area contributed by atoms with Crippen LogP contribution >= 0.6 is 0 Å². The van der Waals surface area contributed by atoms with Crippen molar-refractivity contribution in [1.29, 1.82) is 0 Å². The smallest absolute Gasteiger partial charge is 0.180 e.